The smallest absolute Gasteiger partial charge is 0.322 e. The average Bonchev–Trinajstić information content (AvgIpc) is 3.18. The highest BCUT2D eigenvalue weighted by atomic mass is 35.5. The van der Waals surface area contributed by atoms with Crippen LogP contribution < -0.4 is 5.32 Å². The largest absolute Gasteiger partial charge is 0.332 e. The molecule has 0 fully saturated rings. The van der Waals surface area contributed by atoms with Crippen molar-refractivity contribution in [1.82, 2.24) is 9.80 Å². The summed E-state index contributed by atoms with van der Waals surface area (Å²) in [6.07, 6.45) is 0. The quantitative estimate of drug-likeness (QED) is 0.360. The number of nitrogens with one attached hydrogen (secondary N) is 1. The number of thiophene rings is 1. The summed E-state index contributed by atoms with van der Waals surface area (Å²) in [4.78, 5) is 30.8. The van der Waals surface area contributed by atoms with Gasteiger partial charge in [-0.05, 0) is 65.7 Å². The van der Waals surface area contributed by atoms with Crippen molar-refractivity contribution < 1.29 is 14.0 Å². The lowest BCUT2D eigenvalue weighted by Crippen LogP contribution is -2.45. The van der Waals surface area contributed by atoms with Gasteiger partial charge in [-0.15, -0.1) is 11.3 Å². The van der Waals surface area contributed by atoms with E-state index in [9.17, 15) is 14.0 Å². The minimum Gasteiger partial charge on any atom is -0.332 e. The molecule has 34 heavy (non-hydrogen) atoms. The van der Waals surface area contributed by atoms with E-state index in [1.807, 2.05) is 32.2 Å². The van der Waals surface area contributed by atoms with Crippen molar-refractivity contribution >= 4 is 40.6 Å². The van der Waals surface area contributed by atoms with E-state index in [0.29, 0.717) is 30.3 Å². The molecule has 8 heteroatoms. The third-order valence-corrected chi connectivity index (χ3v) is 6.46. The van der Waals surface area contributed by atoms with Gasteiger partial charge in [0.05, 0.1) is 6.54 Å². The van der Waals surface area contributed by atoms with E-state index in [1.165, 1.54) is 17.0 Å². The lowest BCUT2D eigenvalue weighted by atomic mass is 10.2. The van der Waals surface area contributed by atoms with E-state index >= 15 is 0 Å². The van der Waals surface area contributed by atoms with Crippen molar-refractivity contribution in [3.63, 3.8) is 0 Å². The maximum Gasteiger partial charge on any atom is 0.322 e. The fourth-order valence-corrected chi connectivity index (χ4v) is 4.58. The molecule has 0 saturated heterocycles. The van der Waals surface area contributed by atoms with Crippen LogP contribution >= 0.6 is 22.9 Å². The minimum absolute atomic E-state index is 0.0732. The van der Waals surface area contributed by atoms with E-state index in [-0.39, 0.29) is 30.2 Å². The van der Waals surface area contributed by atoms with Crippen LogP contribution in [0.2, 0.25) is 5.02 Å². The van der Waals surface area contributed by atoms with Crippen molar-refractivity contribution in [1.29, 1.82) is 0 Å². The fraction of sp³-hybridized carbons (Fsp3) is 0.308. The summed E-state index contributed by atoms with van der Waals surface area (Å²) in [7, 11) is 0. The molecular formula is C26H29ClFN3O2S. The number of carbonyl (C=O) groups excluding carboxylic acids is 2. The average molecular weight is 502 g/mol. The Balaban J connectivity index is 1.78. The Morgan fingerprint density at radius 2 is 1.79 bits per heavy atom. The zero-order chi connectivity index (χ0) is 24.7. The molecule has 1 N–H and O–H groups in total. The summed E-state index contributed by atoms with van der Waals surface area (Å²) in [6, 6.07) is 14.7. The van der Waals surface area contributed by atoms with E-state index in [2.05, 4.69) is 5.32 Å². The van der Waals surface area contributed by atoms with Crippen LogP contribution in [-0.2, 0) is 17.9 Å². The summed E-state index contributed by atoms with van der Waals surface area (Å²) in [5, 5.41) is 5.34. The van der Waals surface area contributed by atoms with Gasteiger partial charge < -0.3 is 15.1 Å². The number of nitrogens with zero attached hydrogens (tertiary/aromatic N) is 2. The molecule has 0 aliphatic heterocycles. The Hall–Kier alpha value is -2.90. The Morgan fingerprint density at radius 1 is 1.06 bits per heavy atom. The molecule has 3 rings (SSSR count). The number of hydrogen-bond donors (Lipinski definition) is 1. The topological polar surface area (TPSA) is 52.7 Å². The highest BCUT2D eigenvalue weighted by Gasteiger charge is 2.23. The molecule has 3 aromatic rings. The number of carbonyl (C=O) groups is 2. The van der Waals surface area contributed by atoms with Gasteiger partial charge in [0.1, 0.15) is 12.4 Å². The van der Waals surface area contributed by atoms with Gasteiger partial charge in [-0.1, -0.05) is 43.6 Å². The number of benzene rings is 2. The lowest BCUT2D eigenvalue weighted by molar-refractivity contribution is -0.133. The maximum absolute atomic E-state index is 13.5. The van der Waals surface area contributed by atoms with E-state index < -0.39 is 0 Å². The molecule has 1 heterocycles. The molecule has 0 bridgehead atoms. The number of hydrogen-bond acceptors (Lipinski definition) is 3. The van der Waals surface area contributed by atoms with Gasteiger partial charge in [0.15, 0.2) is 0 Å². The van der Waals surface area contributed by atoms with Crippen molar-refractivity contribution in [2.24, 2.45) is 5.92 Å². The highest BCUT2D eigenvalue weighted by molar-refractivity contribution is 7.10. The monoisotopic (exact) mass is 501 g/mol. The molecule has 180 valence electrons. The van der Waals surface area contributed by atoms with Crippen LogP contribution in [0.25, 0.3) is 0 Å². The van der Waals surface area contributed by atoms with E-state index in [1.54, 1.807) is 52.6 Å². The number of aryl methyl sites for hydroxylation is 1. The van der Waals surface area contributed by atoms with Crippen LogP contribution in [0.4, 0.5) is 14.9 Å². The number of anilines is 1. The molecule has 5 nitrogen and oxygen atoms in total. The summed E-state index contributed by atoms with van der Waals surface area (Å²) in [5.74, 6) is -0.335. The summed E-state index contributed by atoms with van der Waals surface area (Å²) in [6.45, 7) is 7.09. The molecule has 2 aromatic carbocycles. The van der Waals surface area contributed by atoms with Crippen molar-refractivity contribution in [2.75, 3.05) is 18.4 Å². The number of halogens is 2. The molecular weight excluding hydrogens is 473 g/mol. The minimum atomic E-state index is -0.363. The first-order chi connectivity index (χ1) is 16.2. The zero-order valence-electron chi connectivity index (χ0n) is 19.6. The highest BCUT2D eigenvalue weighted by Crippen LogP contribution is 2.20. The first-order valence-electron chi connectivity index (χ1n) is 11.1. The fourth-order valence-electron chi connectivity index (χ4n) is 3.47. The predicted molar refractivity (Wildman–Crippen MR) is 137 cm³/mol. The third-order valence-electron chi connectivity index (χ3n) is 5.22. The Labute approximate surface area is 209 Å². The van der Waals surface area contributed by atoms with E-state index in [4.69, 9.17) is 11.6 Å². The van der Waals surface area contributed by atoms with Crippen molar-refractivity contribution in [3.8, 4) is 0 Å². The molecule has 1 aromatic heterocycles. The van der Waals surface area contributed by atoms with Crippen molar-refractivity contribution in [2.45, 2.75) is 33.9 Å². The first-order valence-corrected chi connectivity index (χ1v) is 12.3. The lowest BCUT2D eigenvalue weighted by Gasteiger charge is -2.29. The predicted octanol–water partition coefficient (Wildman–Crippen LogP) is 6.57. The van der Waals surface area contributed by atoms with Crippen LogP contribution in [-0.4, -0.2) is 34.8 Å². The zero-order valence-corrected chi connectivity index (χ0v) is 21.1. The molecule has 0 aliphatic carbocycles. The number of urea groups is 1. The van der Waals surface area contributed by atoms with Gasteiger partial charge in [-0.2, -0.15) is 0 Å². The van der Waals surface area contributed by atoms with Gasteiger partial charge >= 0.3 is 6.03 Å². The first kappa shape index (κ1) is 25.7. The standard InChI is InChI=1S/C26H29ClFN3O2S/c1-18(2)14-31(26(33)29-23-6-4-5-21(27)13-23)17-25(32)30(16-24-19(3)11-12-34-24)15-20-7-9-22(28)10-8-20/h4-13,18H,14-17H2,1-3H3,(H,29,33). The van der Waals surface area contributed by atoms with Crippen LogP contribution in [0.1, 0.15) is 29.9 Å². The maximum atomic E-state index is 13.5. The SMILES string of the molecule is Cc1ccsc1CN(Cc1ccc(F)cc1)C(=O)CN(CC(C)C)C(=O)Nc1cccc(Cl)c1. The van der Waals surface area contributed by atoms with Crippen LogP contribution in [0, 0.1) is 18.7 Å². The van der Waals surface area contributed by atoms with E-state index in [0.717, 1.165) is 16.0 Å². The van der Waals surface area contributed by atoms with Gasteiger partial charge in [-0.3, -0.25) is 4.79 Å². The second kappa shape index (κ2) is 12.0. The number of amides is 3. The van der Waals surface area contributed by atoms with Crippen LogP contribution in [0.3, 0.4) is 0 Å². The molecule has 3 amide bonds. The van der Waals surface area contributed by atoms with Gasteiger partial charge in [-0.25, -0.2) is 9.18 Å². The van der Waals surface area contributed by atoms with Crippen LogP contribution in [0.5, 0.6) is 0 Å². The van der Waals surface area contributed by atoms with Gasteiger partial charge in [0, 0.05) is 28.7 Å². The third kappa shape index (κ3) is 7.57. The Bertz CT molecular complexity index is 1120. The second-order valence-electron chi connectivity index (χ2n) is 8.62. The molecule has 0 unspecified atom stereocenters. The summed E-state index contributed by atoms with van der Waals surface area (Å²) in [5.41, 5.74) is 2.50. The molecule has 0 saturated carbocycles. The molecule has 0 aliphatic rings. The van der Waals surface area contributed by atoms with Gasteiger partial charge in [0.25, 0.3) is 0 Å². The Morgan fingerprint density at radius 3 is 2.41 bits per heavy atom. The summed E-state index contributed by atoms with van der Waals surface area (Å²) < 4.78 is 13.4. The molecule has 0 radical (unpaired) electrons. The summed E-state index contributed by atoms with van der Waals surface area (Å²) >= 11 is 7.63. The Kier molecular flexibility index (Phi) is 9.07. The normalized spacial score (nSPS) is 10.9. The molecule has 0 spiro atoms. The van der Waals surface area contributed by atoms with Crippen LogP contribution in [0.15, 0.2) is 60.0 Å². The van der Waals surface area contributed by atoms with Crippen molar-refractivity contribution in [3.05, 3.63) is 86.8 Å². The second-order valence-corrected chi connectivity index (χ2v) is 10.1. The van der Waals surface area contributed by atoms with Gasteiger partial charge in [0.2, 0.25) is 5.91 Å². The molecule has 0 atom stereocenters. The number of rotatable bonds is 9.